The molecule has 0 amide bonds. The van der Waals surface area contributed by atoms with Gasteiger partial charge in [-0.2, -0.15) is 0 Å². The molecule has 0 bridgehead atoms. The Labute approximate surface area is 90.4 Å². The van der Waals surface area contributed by atoms with E-state index in [1.54, 1.807) is 0 Å². The van der Waals surface area contributed by atoms with Gasteiger partial charge in [0.25, 0.3) is 0 Å². The summed E-state index contributed by atoms with van der Waals surface area (Å²) in [6.07, 6.45) is 0. The van der Waals surface area contributed by atoms with Gasteiger partial charge in [0.05, 0.1) is 13.2 Å². The van der Waals surface area contributed by atoms with Gasteiger partial charge in [-0.05, 0) is 12.5 Å². The van der Waals surface area contributed by atoms with Gasteiger partial charge in [0.1, 0.15) is 0 Å². The summed E-state index contributed by atoms with van der Waals surface area (Å²) >= 11 is 0. The normalized spacial score (nSPS) is 19.3. The van der Waals surface area contributed by atoms with Crippen LogP contribution in [-0.2, 0) is 16.0 Å². The van der Waals surface area contributed by atoms with E-state index in [0.29, 0.717) is 13.2 Å². The van der Waals surface area contributed by atoms with Gasteiger partial charge < -0.3 is 14.8 Å². The van der Waals surface area contributed by atoms with Crippen LogP contribution in [0.4, 0.5) is 0 Å². The summed E-state index contributed by atoms with van der Waals surface area (Å²) in [7, 11) is 0. The molecule has 1 aromatic carbocycles. The van der Waals surface area contributed by atoms with Crippen molar-refractivity contribution in [3.05, 3.63) is 35.9 Å². The Hall–Kier alpha value is -0.900. The molecule has 0 aromatic heterocycles. The molecule has 1 aromatic rings. The third kappa shape index (κ3) is 3.02. The van der Waals surface area contributed by atoms with E-state index in [-0.39, 0.29) is 0 Å². The third-order valence-corrected chi connectivity index (χ3v) is 2.52. The fraction of sp³-hybridized carbons (Fsp3) is 0.500. The minimum atomic E-state index is -0.436. The maximum atomic E-state index is 5.49. The zero-order chi connectivity index (χ0) is 10.6. The lowest BCUT2D eigenvalue weighted by Gasteiger charge is -2.22. The summed E-state index contributed by atoms with van der Waals surface area (Å²) < 4.78 is 11.0. The predicted octanol–water partition coefficient (Wildman–Crippen LogP) is 1.54. The van der Waals surface area contributed by atoms with Crippen molar-refractivity contribution in [2.75, 3.05) is 19.8 Å². The molecule has 1 aliphatic heterocycles. The van der Waals surface area contributed by atoms with E-state index in [1.165, 1.54) is 5.56 Å². The fourth-order valence-corrected chi connectivity index (χ4v) is 1.69. The van der Waals surface area contributed by atoms with Crippen LogP contribution < -0.4 is 5.32 Å². The standard InChI is InChI=1S/C12H17NO2/c1-12(14-7-8-15-12)10-13-9-11-5-3-2-4-6-11/h2-6,13H,7-10H2,1H3. The molecule has 3 nitrogen and oxygen atoms in total. The van der Waals surface area contributed by atoms with Crippen molar-refractivity contribution >= 4 is 0 Å². The van der Waals surface area contributed by atoms with Crippen LogP contribution in [0.25, 0.3) is 0 Å². The second-order valence-electron chi connectivity index (χ2n) is 3.92. The summed E-state index contributed by atoms with van der Waals surface area (Å²) in [5, 5.41) is 3.33. The maximum absolute atomic E-state index is 5.49. The minimum absolute atomic E-state index is 0.436. The first kappa shape index (κ1) is 10.6. The van der Waals surface area contributed by atoms with E-state index in [2.05, 4.69) is 17.4 Å². The summed E-state index contributed by atoms with van der Waals surface area (Å²) in [6.45, 7) is 4.94. The number of hydrogen-bond acceptors (Lipinski definition) is 3. The molecule has 3 heteroatoms. The van der Waals surface area contributed by atoms with Crippen LogP contribution in [0.1, 0.15) is 12.5 Å². The van der Waals surface area contributed by atoms with Crippen molar-refractivity contribution in [2.45, 2.75) is 19.3 Å². The Kier molecular flexibility index (Phi) is 3.36. The van der Waals surface area contributed by atoms with Crippen molar-refractivity contribution in [3.8, 4) is 0 Å². The number of hydrogen-bond donors (Lipinski definition) is 1. The summed E-state index contributed by atoms with van der Waals surface area (Å²) in [5.41, 5.74) is 1.28. The van der Waals surface area contributed by atoms with Gasteiger partial charge in [-0.1, -0.05) is 30.3 Å². The van der Waals surface area contributed by atoms with Crippen LogP contribution in [0.15, 0.2) is 30.3 Å². The molecular formula is C12H17NO2. The Morgan fingerprint density at radius 1 is 1.20 bits per heavy atom. The highest BCUT2D eigenvalue weighted by atomic mass is 16.7. The largest absolute Gasteiger partial charge is 0.347 e. The third-order valence-electron chi connectivity index (χ3n) is 2.52. The first-order valence-corrected chi connectivity index (χ1v) is 5.31. The molecule has 1 aliphatic rings. The molecule has 2 rings (SSSR count). The van der Waals surface area contributed by atoms with Gasteiger partial charge >= 0.3 is 0 Å². The zero-order valence-corrected chi connectivity index (χ0v) is 9.03. The van der Waals surface area contributed by atoms with Gasteiger partial charge in [0.15, 0.2) is 5.79 Å². The number of nitrogens with one attached hydrogen (secondary N) is 1. The Morgan fingerprint density at radius 2 is 1.87 bits per heavy atom. The molecule has 0 atom stereocenters. The predicted molar refractivity (Wildman–Crippen MR) is 58.5 cm³/mol. The van der Waals surface area contributed by atoms with Gasteiger partial charge in [-0.15, -0.1) is 0 Å². The molecule has 0 saturated carbocycles. The van der Waals surface area contributed by atoms with Gasteiger partial charge in [0.2, 0.25) is 0 Å². The summed E-state index contributed by atoms with van der Waals surface area (Å²) in [5.74, 6) is -0.436. The van der Waals surface area contributed by atoms with Gasteiger partial charge in [-0.25, -0.2) is 0 Å². The monoisotopic (exact) mass is 207 g/mol. The lowest BCUT2D eigenvalue weighted by molar-refractivity contribution is -0.138. The van der Waals surface area contributed by atoms with Crippen LogP contribution >= 0.6 is 0 Å². The van der Waals surface area contributed by atoms with Crippen LogP contribution in [0, 0.1) is 0 Å². The lowest BCUT2D eigenvalue weighted by atomic mass is 10.2. The van der Waals surface area contributed by atoms with E-state index in [0.717, 1.165) is 13.1 Å². The van der Waals surface area contributed by atoms with E-state index in [9.17, 15) is 0 Å². The summed E-state index contributed by atoms with van der Waals surface area (Å²) in [6, 6.07) is 10.3. The van der Waals surface area contributed by atoms with Crippen molar-refractivity contribution < 1.29 is 9.47 Å². The van der Waals surface area contributed by atoms with Gasteiger partial charge in [-0.3, -0.25) is 0 Å². The second-order valence-corrected chi connectivity index (χ2v) is 3.92. The van der Waals surface area contributed by atoms with Crippen molar-refractivity contribution in [2.24, 2.45) is 0 Å². The maximum Gasteiger partial charge on any atom is 0.178 e. The average molecular weight is 207 g/mol. The topological polar surface area (TPSA) is 30.5 Å². The lowest BCUT2D eigenvalue weighted by Crippen LogP contribution is -2.38. The first-order valence-electron chi connectivity index (χ1n) is 5.31. The molecule has 1 N–H and O–H groups in total. The van der Waals surface area contributed by atoms with Crippen LogP contribution in [0.2, 0.25) is 0 Å². The molecule has 82 valence electrons. The minimum Gasteiger partial charge on any atom is -0.347 e. The van der Waals surface area contributed by atoms with Crippen LogP contribution in [0.3, 0.4) is 0 Å². The average Bonchev–Trinajstić information content (AvgIpc) is 2.67. The smallest absolute Gasteiger partial charge is 0.178 e. The molecule has 0 aliphatic carbocycles. The Balaban J connectivity index is 1.75. The molecule has 0 unspecified atom stereocenters. The molecule has 0 spiro atoms. The number of ether oxygens (including phenoxy) is 2. The molecule has 1 fully saturated rings. The molecule has 15 heavy (non-hydrogen) atoms. The fourth-order valence-electron chi connectivity index (χ4n) is 1.69. The molecule has 1 saturated heterocycles. The van der Waals surface area contributed by atoms with E-state index in [1.807, 2.05) is 25.1 Å². The van der Waals surface area contributed by atoms with Crippen molar-refractivity contribution in [1.82, 2.24) is 5.32 Å². The Bertz CT molecular complexity index is 294. The van der Waals surface area contributed by atoms with Gasteiger partial charge in [0, 0.05) is 13.1 Å². The van der Waals surface area contributed by atoms with Crippen LogP contribution in [-0.4, -0.2) is 25.5 Å². The highest BCUT2D eigenvalue weighted by Crippen LogP contribution is 2.17. The second kappa shape index (κ2) is 4.75. The van der Waals surface area contributed by atoms with E-state index >= 15 is 0 Å². The number of rotatable bonds is 4. The summed E-state index contributed by atoms with van der Waals surface area (Å²) in [4.78, 5) is 0. The Morgan fingerprint density at radius 3 is 2.53 bits per heavy atom. The quantitative estimate of drug-likeness (QED) is 0.812. The number of benzene rings is 1. The highest BCUT2D eigenvalue weighted by molar-refractivity contribution is 5.14. The van der Waals surface area contributed by atoms with Crippen molar-refractivity contribution in [3.63, 3.8) is 0 Å². The highest BCUT2D eigenvalue weighted by Gasteiger charge is 2.30. The van der Waals surface area contributed by atoms with E-state index < -0.39 is 5.79 Å². The van der Waals surface area contributed by atoms with Crippen molar-refractivity contribution in [1.29, 1.82) is 0 Å². The zero-order valence-electron chi connectivity index (χ0n) is 9.03. The van der Waals surface area contributed by atoms with Crippen LogP contribution in [0.5, 0.6) is 0 Å². The molecule has 0 radical (unpaired) electrons. The first-order chi connectivity index (χ1) is 7.29. The SMILES string of the molecule is CC1(CNCc2ccccc2)OCCO1. The molecular weight excluding hydrogens is 190 g/mol. The molecule has 1 heterocycles. The van der Waals surface area contributed by atoms with E-state index in [4.69, 9.17) is 9.47 Å².